The van der Waals surface area contributed by atoms with Crippen molar-refractivity contribution >= 4 is 35.0 Å². The molecule has 0 radical (unpaired) electrons. The van der Waals surface area contributed by atoms with Gasteiger partial charge >= 0.3 is 6.18 Å². The van der Waals surface area contributed by atoms with Crippen molar-refractivity contribution in [2.24, 2.45) is 0 Å². The zero-order valence-electron chi connectivity index (χ0n) is 30.4. The van der Waals surface area contributed by atoms with E-state index in [0.717, 1.165) is 87.2 Å². The van der Waals surface area contributed by atoms with Crippen LogP contribution >= 0.6 is 0 Å². The van der Waals surface area contributed by atoms with Crippen LogP contribution in [0.1, 0.15) is 88.3 Å². The van der Waals surface area contributed by atoms with Crippen molar-refractivity contribution in [2.75, 3.05) is 62.2 Å². The van der Waals surface area contributed by atoms with Gasteiger partial charge in [-0.2, -0.15) is 18.4 Å². The van der Waals surface area contributed by atoms with Crippen LogP contribution < -0.4 is 19.9 Å². The van der Waals surface area contributed by atoms with Crippen molar-refractivity contribution in [1.29, 1.82) is 5.26 Å². The number of amides is 4. The van der Waals surface area contributed by atoms with Gasteiger partial charge in [-0.25, -0.2) is 0 Å². The Morgan fingerprint density at radius 1 is 0.764 bits per heavy atom. The second-order valence-corrected chi connectivity index (χ2v) is 14.6. The number of benzene rings is 3. The molecule has 0 bridgehead atoms. The molecule has 3 fully saturated rings. The lowest BCUT2D eigenvalue weighted by Crippen LogP contribution is -2.54. The molecule has 3 aromatic rings. The first-order valence-electron chi connectivity index (χ1n) is 18.9. The normalized spacial score (nSPS) is 19.7. The van der Waals surface area contributed by atoms with E-state index in [-0.39, 0.29) is 24.0 Å². The number of nitriles is 1. The summed E-state index contributed by atoms with van der Waals surface area (Å²) < 4.78 is 46.3. The van der Waals surface area contributed by atoms with E-state index in [9.17, 15) is 32.3 Å². The molecule has 4 amide bonds. The maximum atomic E-state index is 13.4. The Morgan fingerprint density at radius 3 is 2.13 bits per heavy atom. The lowest BCUT2D eigenvalue weighted by atomic mass is 9.89. The molecule has 4 heterocycles. The summed E-state index contributed by atoms with van der Waals surface area (Å²) in [7, 11) is 0. The van der Waals surface area contributed by atoms with Crippen LogP contribution in [0.4, 0.5) is 24.5 Å². The Labute approximate surface area is 317 Å². The Bertz CT molecular complexity index is 1980. The molecule has 3 saturated heterocycles. The van der Waals surface area contributed by atoms with Gasteiger partial charge in [-0.1, -0.05) is 12.1 Å². The number of hydrogen-bond donors (Lipinski definition) is 1. The fourth-order valence-electron chi connectivity index (χ4n) is 8.06. The van der Waals surface area contributed by atoms with Crippen LogP contribution in [0.5, 0.6) is 5.75 Å². The molecule has 1 atom stereocenters. The van der Waals surface area contributed by atoms with Gasteiger partial charge in [0, 0.05) is 57.1 Å². The standard InChI is InChI=1S/C41H43F3N6O5/c42-41(43,44)35-25-31(7-4-29(35)26-45)48-17-14-28(15-18-48)27-5-9-32(10-6-27)55-23-3-1-2-16-47-19-21-49(22-20-47)30-8-11-33-34(24-30)40(54)50(39(33)53)36-12-13-37(51)46-38(36)52/h4-11,24-25,28,36H,1-3,12-23H2,(H,46,51,52). The number of rotatable bonds is 11. The van der Waals surface area contributed by atoms with E-state index in [2.05, 4.69) is 27.2 Å². The number of carbonyl (C=O) groups is 4. The van der Waals surface area contributed by atoms with Gasteiger partial charge < -0.3 is 14.5 Å². The third-order valence-corrected chi connectivity index (χ3v) is 11.2. The predicted octanol–water partition coefficient (Wildman–Crippen LogP) is 5.73. The molecule has 0 aromatic heterocycles. The van der Waals surface area contributed by atoms with Gasteiger partial charge in [0.2, 0.25) is 11.8 Å². The van der Waals surface area contributed by atoms with E-state index in [4.69, 9.17) is 10.00 Å². The molecule has 11 nitrogen and oxygen atoms in total. The first kappa shape index (κ1) is 37.9. The lowest BCUT2D eigenvalue weighted by Gasteiger charge is -2.36. The van der Waals surface area contributed by atoms with E-state index in [1.54, 1.807) is 24.3 Å². The lowest BCUT2D eigenvalue weighted by molar-refractivity contribution is -0.138. The first-order valence-corrected chi connectivity index (χ1v) is 18.9. The number of halogens is 3. The van der Waals surface area contributed by atoms with Crippen LogP contribution in [0.3, 0.4) is 0 Å². The number of ether oxygens (including phenoxy) is 1. The molecular weight excluding hydrogens is 713 g/mol. The molecule has 288 valence electrons. The molecule has 4 aliphatic heterocycles. The van der Waals surface area contributed by atoms with Crippen LogP contribution in [-0.2, 0) is 15.8 Å². The number of anilines is 2. The Hall–Kier alpha value is -5.42. The third kappa shape index (κ3) is 8.32. The Kier molecular flexibility index (Phi) is 11.1. The van der Waals surface area contributed by atoms with E-state index >= 15 is 0 Å². The molecule has 1 N–H and O–H groups in total. The van der Waals surface area contributed by atoms with Gasteiger partial charge in [-0.3, -0.25) is 34.3 Å². The fourth-order valence-corrected chi connectivity index (χ4v) is 8.06. The van der Waals surface area contributed by atoms with Crippen molar-refractivity contribution < 1.29 is 37.1 Å². The number of nitrogens with one attached hydrogen (secondary N) is 1. The van der Waals surface area contributed by atoms with Gasteiger partial charge in [0.1, 0.15) is 11.8 Å². The minimum atomic E-state index is -4.57. The van der Waals surface area contributed by atoms with Gasteiger partial charge in [-0.15, -0.1) is 0 Å². The molecule has 55 heavy (non-hydrogen) atoms. The van der Waals surface area contributed by atoms with Crippen LogP contribution in [0.15, 0.2) is 60.7 Å². The summed E-state index contributed by atoms with van der Waals surface area (Å²) in [6.45, 7) is 6.20. The summed E-state index contributed by atoms with van der Waals surface area (Å²) in [5, 5.41) is 11.3. The summed E-state index contributed by atoms with van der Waals surface area (Å²) in [5.41, 5.74) is 1.88. The first-order chi connectivity index (χ1) is 26.5. The third-order valence-electron chi connectivity index (χ3n) is 11.2. The largest absolute Gasteiger partial charge is 0.494 e. The highest BCUT2D eigenvalue weighted by atomic mass is 19.4. The molecule has 7 rings (SSSR count). The van der Waals surface area contributed by atoms with Gasteiger partial charge in [0.05, 0.1) is 34.9 Å². The van der Waals surface area contributed by atoms with Crippen molar-refractivity contribution in [3.8, 4) is 11.8 Å². The number of fused-ring (bicyclic) bond motifs is 1. The SMILES string of the molecule is N#Cc1ccc(N2CCC(c3ccc(OCCCCCN4CCN(c5ccc6c(c5)C(=O)N(C5CCC(=O)NC5=O)C6=O)CC4)cc3)CC2)cc1C(F)(F)F. The smallest absolute Gasteiger partial charge is 0.417 e. The van der Waals surface area contributed by atoms with Gasteiger partial charge in [-0.05, 0) is 105 Å². The molecular formula is C41H43F3N6O5. The van der Waals surface area contributed by atoms with E-state index in [0.29, 0.717) is 36.9 Å². The highest BCUT2D eigenvalue weighted by molar-refractivity contribution is 6.23. The molecule has 1 unspecified atom stereocenters. The van der Waals surface area contributed by atoms with E-state index < -0.39 is 41.4 Å². The number of piperidine rings is 2. The molecule has 0 spiro atoms. The summed E-state index contributed by atoms with van der Waals surface area (Å²) in [6.07, 6.45) is 0.297. The second kappa shape index (κ2) is 16.1. The average molecular weight is 757 g/mol. The monoisotopic (exact) mass is 756 g/mol. The average Bonchev–Trinajstić information content (AvgIpc) is 3.44. The van der Waals surface area contributed by atoms with Crippen molar-refractivity contribution in [1.82, 2.24) is 15.1 Å². The van der Waals surface area contributed by atoms with Crippen LogP contribution in [0, 0.1) is 11.3 Å². The van der Waals surface area contributed by atoms with Crippen LogP contribution in [0.25, 0.3) is 0 Å². The van der Waals surface area contributed by atoms with Crippen molar-refractivity contribution in [3.63, 3.8) is 0 Å². The number of imide groups is 2. The number of hydrogen-bond acceptors (Lipinski definition) is 9. The highest BCUT2D eigenvalue weighted by Crippen LogP contribution is 2.37. The molecule has 14 heteroatoms. The Balaban J connectivity index is 0.791. The molecule has 3 aromatic carbocycles. The maximum absolute atomic E-state index is 13.4. The summed E-state index contributed by atoms with van der Waals surface area (Å²) in [4.78, 5) is 57.8. The summed E-state index contributed by atoms with van der Waals surface area (Å²) in [6, 6.07) is 18.0. The summed E-state index contributed by atoms with van der Waals surface area (Å²) in [5.74, 6) is -0.887. The second-order valence-electron chi connectivity index (χ2n) is 14.6. The van der Waals surface area contributed by atoms with E-state index in [1.165, 1.54) is 11.6 Å². The number of piperazine rings is 1. The minimum Gasteiger partial charge on any atom is -0.494 e. The molecule has 0 saturated carbocycles. The molecule has 0 aliphatic carbocycles. The summed E-state index contributed by atoms with van der Waals surface area (Å²) >= 11 is 0. The number of carbonyl (C=O) groups excluding carboxylic acids is 4. The van der Waals surface area contributed by atoms with Crippen molar-refractivity contribution in [2.45, 2.75) is 63.1 Å². The van der Waals surface area contributed by atoms with Crippen molar-refractivity contribution in [3.05, 3.63) is 88.5 Å². The van der Waals surface area contributed by atoms with E-state index in [1.807, 2.05) is 23.1 Å². The quantitative estimate of drug-likeness (QED) is 0.193. The predicted molar refractivity (Wildman–Crippen MR) is 198 cm³/mol. The topological polar surface area (TPSA) is 126 Å². The van der Waals surface area contributed by atoms with Crippen LogP contribution in [0.2, 0.25) is 0 Å². The maximum Gasteiger partial charge on any atom is 0.417 e. The molecule has 4 aliphatic rings. The number of unbranched alkanes of at least 4 members (excludes halogenated alkanes) is 2. The fraction of sp³-hybridized carbons (Fsp3) is 0.439. The number of nitrogens with zero attached hydrogens (tertiary/aromatic N) is 5. The van der Waals surface area contributed by atoms with Gasteiger partial charge in [0.15, 0.2) is 0 Å². The van der Waals surface area contributed by atoms with Gasteiger partial charge in [0.25, 0.3) is 11.8 Å². The van der Waals surface area contributed by atoms with Crippen LogP contribution in [-0.4, -0.2) is 91.9 Å². The zero-order chi connectivity index (χ0) is 38.7. The highest BCUT2D eigenvalue weighted by Gasteiger charge is 2.45. The Morgan fingerprint density at radius 2 is 1.44 bits per heavy atom. The zero-order valence-corrected chi connectivity index (χ0v) is 30.4. The minimum absolute atomic E-state index is 0.0842. The number of alkyl halides is 3.